The number of H-pyrrole nitrogens is 1. The number of carbonyl (C=O) groups is 4. The maximum Gasteiger partial charge on any atom is 0.352 e. The van der Waals surface area contributed by atoms with Gasteiger partial charge in [-0.3, -0.25) is 24.4 Å². The van der Waals surface area contributed by atoms with Crippen LogP contribution in [-0.2, 0) is 14.4 Å². The highest BCUT2D eigenvalue weighted by Gasteiger charge is 2.54. The predicted octanol–water partition coefficient (Wildman–Crippen LogP) is -0.860. The lowest BCUT2D eigenvalue weighted by atomic mass is 10.0. The number of nitrogens with one attached hydrogen (secondary N) is 2. The number of aliphatic carboxylic acids is 1. The summed E-state index contributed by atoms with van der Waals surface area (Å²) in [5.74, 6) is -2.76. The Kier molecular flexibility index (Phi) is 6.49. The minimum Gasteiger partial charge on any atom is -0.508 e. The molecule has 0 radical (unpaired) electrons. The smallest absolute Gasteiger partial charge is 0.352 e. The highest BCUT2D eigenvalue weighted by atomic mass is 32.2. The normalized spacial score (nSPS) is 20.4. The molecule has 2 aromatic rings. The number of phenolic OH excluding ortho intramolecular Hbond substituents is 1. The monoisotopic (exact) mass is 505 g/mol. The molecule has 3 amide bonds. The van der Waals surface area contributed by atoms with Crippen LogP contribution in [-0.4, -0.2) is 77.1 Å². The third kappa shape index (κ3) is 4.32. The molecule has 13 nitrogen and oxygen atoms in total. The Morgan fingerprint density at radius 2 is 2.03 bits per heavy atom. The van der Waals surface area contributed by atoms with E-state index in [1.165, 1.54) is 36.0 Å². The molecule has 0 aliphatic carbocycles. The van der Waals surface area contributed by atoms with Gasteiger partial charge in [0.25, 0.3) is 11.8 Å². The third-order valence-corrected chi connectivity index (χ3v) is 7.63. The minimum atomic E-state index is -1.28. The first-order valence-electron chi connectivity index (χ1n) is 9.77. The van der Waals surface area contributed by atoms with Crippen molar-refractivity contribution in [1.29, 1.82) is 0 Å². The third-order valence-electron chi connectivity index (χ3n) is 5.22. The molecule has 2 aliphatic rings. The van der Waals surface area contributed by atoms with Crippen molar-refractivity contribution in [3.8, 4) is 5.75 Å². The van der Waals surface area contributed by atoms with Crippen molar-refractivity contribution in [3.63, 3.8) is 0 Å². The van der Waals surface area contributed by atoms with E-state index in [1.54, 1.807) is 0 Å². The lowest BCUT2D eigenvalue weighted by Crippen LogP contribution is -2.71. The summed E-state index contributed by atoms with van der Waals surface area (Å²) in [4.78, 5) is 49.9. The summed E-state index contributed by atoms with van der Waals surface area (Å²) >= 11 is 2.40. The molecule has 3 heterocycles. The molecule has 0 bridgehead atoms. The number of carbonyl (C=O) groups excluding carboxylic acids is 3. The number of amides is 3. The largest absolute Gasteiger partial charge is 0.508 e. The van der Waals surface area contributed by atoms with Gasteiger partial charge in [-0.1, -0.05) is 29.1 Å². The van der Waals surface area contributed by atoms with Crippen molar-refractivity contribution in [3.05, 3.63) is 46.8 Å². The number of phenols is 1. The lowest BCUT2D eigenvalue weighted by Gasteiger charge is -2.49. The maximum absolute atomic E-state index is 12.8. The van der Waals surface area contributed by atoms with E-state index in [2.05, 4.69) is 20.7 Å². The van der Waals surface area contributed by atoms with Crippen LogP contribution in [0.4, 0.5) is 0 Å². The number of fused-ring (bicyclic) bond motifs is 1. The summed E-state index contributed by atoms with van der Waals surface area (Å²) in [5.41, 5.74) is 11.9. The van der Waals surface area contributed by atoms with E-state index in [0.29, 0.717) is 16.2 Å². The number of carboxylic acids is 1. The van der Waals surface area contributed by atoms with Crippen LogP contribution in [0, 0.1) is 0 Å². The molecule has 3 atom stereocenters. The number of hydrogen-bond acceptors (Lipinski definition) is 10. The highest BCUT2D eigenvalue weighted by Crippen LogP contribution is 2.41. The second kappa shape index (κ2) is 9.36. The standard InChI is InChI=1S/C19H19N7O6S2/c20-10(7-1-3-9(27)4-2-7)15(29)22-12-17(30)26-13(19(31)32)8(6-34-18(12)26)5-33-16-11(14(21)28)23-25-24-16/h1-4,10,12,18,27H,5-6,20H2,(H2,21,28)(H,22,29)(H,31,32)(H,23,24,25)/t10?,12?,18-/m0/s1. The number of rotatable bonds is 8. The predicted molar refractivity (Wildman–Crippen MR) is 120 cm³/mol. The SMILES string of the molecule is NC(=O)c1nn[nH]c1SCC1=C(C(=O)O)N2C(=O)C(NC(=O)C(N)c3ccc(O)cc3)[C@@H]2SC1. The number of nitrogens with two attached hydrogens (primary N) is 2. The fraction of sp³-hybridized carbons (Fsp3) is 0.263. The molecule has 0 saturated carbocycles. The van der Waals surface area contributed by atoms with Crippen LogP contribution in [0.5, 0.6) is 5.75 Å². The zero-order valence-electron chi connectivity index (χ0n) is 17.3. The van der Waals surface area contributed by atoms with Crippen LogP contribution in [0.25, 0.3) is 0 Å². The average Bonchev–Trinajstić information content (AvgIpc) is 3.29. The summed E-state index contributed by atoms with van der Waals surface area (Å²) in [7, 11) is 0. The number of primary amides is 1. The molecule has 2 unspecified atom stereocenters. The van der Waals surface area contributed by atoms with Gasteiger partial charge in [-0.2, -0.15) is 0 Å². The summed E-state index contributed by atoms with van der Waals surface area (Å²) in [6.45, 7) is 0. The lowest BCUT2D eigenvalue weighted by molar-refractivity contribution is -0.150. The first-order valence-corrected chi connectivity index (χ1v) is 11.8. The molecule has 1 fully saturated rings. The number of nitrogens with zero attached hydrogens (tertiary/aromatic N) is 3. The number of thioether (sulfide) groups is 2. The second-order valence-corrected chi connectivity index (χ2v) is 9.46. The Labute approximate surface area is 200 Å². The molecule has 1 saturated heterocycles. The number of hydrogen-bond donors (Lipinski definition) is 6. The summed E-state index contributed by atoms with van der Waals surface area (Å²) < 4.78 is 0. The van der Waals surface area contributed by atoms with Gasteiger partial charge in [0.05, 0.1) is 0 Å². The van der Waals surface area contributed by atoms with Gasteiger partial charge in [0.2, 0.25) is 5.91 Å². The molecular formula is C19H19N7O6S2. The van der Waals surface area contributed by atoms with E-state index in [0.717, 1.165) is 16.7 Å². The van der Waals surface area contributed by atoms with Crippen molar-refractivity contribution >= 4 is 47.2 Å². The van der Waals surface area contributed by atoms with Crippen molar-refractivity contribution in [1.82, 2.24) is 25.6 Å². The number of benzene rings is 1. The minimum absolute atomic E-state index is 0.0244. The number of aromatic nitrogens is 3. The quantitative estimate of drug-likeness (QED) is 0.191. The molecule has 1 aromatic carbocycles. The highest BCUT2D eigenvalue weighted by molar-refractivity contribution is 8.01. The first kappa shape index (κ1) is 23.6. The summed E-state index contributed by atoms with van der Waals surface area (Å²) in [5, 5.41) is 31.1. The number of carboxylic acid groups (broad SMARTS) is 1. The zero-order chi connectivity index (χ0) is 24.6. The van der Waals surface area contributed by atoms with E-state index >= 15 is 0 Å². The van der Waals surface area contributed by atoms with E-state index in [-0.39, 0.29) is 28.6 Å². The van der Waals surface area contributed by atoms with Gasteiger partial charge in [0.15, 0.2) is 5.69 Å². The van der Waals surface area contributed by atoms with Crippen LogP contribution in [0.1, 0.15) is 22.1 Å². The van der Waals surface area contributed by atoms with E-state index < -0.39 is 41.1 Å². The molecule has 15 heteroatoms. The van der Waals surface area contributed by atoms with Crippen LogP contribution >= 0.6 is 23.5 Å². The Hall–Kier alpha value is -3.56. The number of β-lactam (4-membered cyclic amide) rings is 1. The van der Waals surface area contributed by atoms with Crippen molar-refractivity contribution in [2.45, 2.75) is 22.5 Å². The van der Waals surface area contributed by atoms with E-state index in [4.69, 9.17) is 11.5 Å². The molecule has 1 aromatic heterocycles. The molecule has 178 valence electrons. The van der Waals surface area contributed by atoms with Gasteiger partial charge in [-0.05, 0) is 23.3 Å². The van der Waals surface area contributed by atoms with Gasteiger partial charge >= 0.3 is 5.97 Å². The molecule has 2 aliphatic heterocycles. The van der Waals surface area contributed by atoms with Gasteiger partial charge < -0.3 is 27.0 Å². The van der Waals surface area contributed by atoms with Crippen LogP contribution in [0.2, 0.25) is 0 Å². The fourth-order valence-electron chi connectivity index (χ4n) is 3.51. The molecule has 8 N–H and O–H groups in total. The Bertz CT molecular complexity index is 1200. The van der Waals surface area contributed by atoms with Gasteiger partial charge in [-0.15, -0.1) is 16.9 Å². The van der Waals surface area contributed by atoms with Gasteiger partial charge in [-0.25, -0.2) is 4.79 Å². The van der Waals surface area contributed by atoms with E-state index in [1.807, 2.05) is 0 Å². The Morgan fingerprint density at radius 1 is 1.32 bits per heavy atom. The fourth-order valence-corrected chi connectivity index (χ4v) is 5.93. The average molecular weight is 506 g/mol. The zero-order valence-corrected chi connectivity index (χ0v) is 18.9. The van der Waals surface area contributed by atoms with Crippen molar-refractivity contribution in [2.24, 2.45) is 11.5 Å². The molecule has 34 heavy (non-hydrogen) atoms. The van der Waals surface area contributed by atoms with Crippen LogP contribution in [0.3, 0.4) is 0 Å². The van der Waals surface area contributed by atoms with Crippen LogP contribution in [0.15, 0.2) is 40.6 Å². The van der Waals surface area contributed by atoms with Gasteiger partial charge in [0, 0.05) is 11.5 Å². The Balaban J connectivity index is 1.46. The summed E-state index contributed by atoms with van der Waals surface area (Å²) in [6, 6.07) is 3.79. The van der Waals surface area contributed by atoms with Crippen LogP contribution < -0.4 is 16.8 Å². The van der Waals surface area contributed by atoms with Crippen molar-refractivity contribution in [2.75, 3.05) is 11.5 Å². The van der Waals surface area contributed by atoms with Gasteiger partial charge in [0.1, 0.15) is 33.9 Å². The summed E-state index contributed by atoms with van der Waals surface area (Å²) in [6.07, 6.45) is 0. The Morgan fingerprint density at radius 3 is 2.68 bits per heavy atom. The topological polar surface area (TPSA) is 218 Å². The molecular weight excluding hydrogens is 486 g/mol. The van der Waals surface area contributed by atoms with Crippen molar-refractivity contribution < 1.29 is 29.4 Å². The molecule has 4 rings (SSSR count). The second-order valence-electron chi connectivity index (χ2n) is 7.37. The number of aromatic amines is 1. The van der Waals surface area contributed by atoms with E-state index in [9.17, 15) is 29.4 Å². The first-order chi connectivity index (χ1) is 16.2. The maximum atomic E-state index is 12.8. The number of aromatic hydroxyl groups is 1. The molecule has 0 spiro atoms.